The van der Waals surface area contributed by atoms with Crippen LogP contribution < -0.4 is 0 Å². The molecule has 1 aliphatic heterocycles. The van der Waals surface area contributed by atoms with E-state index in [-0.39, 0.29) is 6.04 Å². The van der Waals surface area contributed by atoms with Gasteiger partial charge in [0.1, 0.15) is 0 Å². The summed E-state index contributed by atoms with van der Waals surface area (Å²) in [5.74, 6) is 0. The fourth-order valence-electron chi connectivity index (χ4n) is 4.08. The van der Waals surface area contributed by atoms with Gasteiger partial charge in [-0.25, -0.2) is 0 Å². The molecule has 4 rings (SSSR count). The van der Waals surface area contributed by atoms with Crippen LogP contribution in [0.4, 0.5) is 0 Å². The second-order valence-corrected chi connectivity index (χ2v) is 6.83. The third-order valence-electron chi connectivity index (χ3n) is 5.35. The molecule has 1 atom stereocenters. The quantitative estimate of drug-likeness (QED) is 0.390. The Bertz CT molecular complexity index is 1040. The lowest BCUT2D eigenvalue weighted by Crippen LogP contribution is -2.34. The van der Waals surface area contributed by atoms with Crippen molar-refractivity contribution >= 4 is 16.6 Å². The number of aromatic amines is 1. The molecule has 3 aromatic rings. The summed E-state index contributed by atoms with van der Waals surface area (Å²) in [6.45, 7) is 25.3. The van der Waals surface area contributed by atoms with Gasteiger partial charge in [-0.15, -0.1) is 0 Å². The number of nitrogens with one attached hydrogen (secondary N) is 1. The lowest BCUT2D eigenvalue weighted by Gasteiger charge is -2.39. The second kappa shape index (κ2) is 14.7. The van der Waals surface area contributed by atoms with E-state index in [1.165, 1.54) is 22.2 Å². The largest absolute Gasteiger partial charge is 0.359 e. The van der Waals surface area contributed by atoms with Crippen LogP contribution in [-0.2, 0) is 6.42 Å². The zero-order chi connectivity index (χ0) is 24.8. The van der Waals surface area contributed by atoms with Crippen LogP contribution in [0.15, 0.2) is 98.1 Å². The Hall–Kier alpha value is -3.26. The maximum absolute atomic E-state index is 4.43. The van der Waals surface area contributed by atoms with Gasteiger partial charge in [-0.1, -0.05) is 128 Å². The Kier molecular flexibility index (Phi) is 12.4. The van der Waals surface area contributed by atoms with Gasteiger partial charge in [-0.05, 0) is 29.2 Å². The Morgan fingerprint density at radius 2 is 1.52 bits per heavy atom. The summed E-state index contributed by atoms with van der Waals surface area (Å²) >= 11 is 0. The number of fused-ring (bicyclic) bond motifs is 3. The van der Waals surface area contributed by atoms with Gasteiger partial charge < -0.3 is 9.88 Å². The molecule has 1 aliphatic rings. The summed E-state index contributed by atoms with van der Waals surface area (Å²) in [4.78, 5) is 6.05. The molecule has 1 N–H and O–H groups in total. The van der Waals surface area contributed by atoms with E-state index in [1.807, 2.05) is 65.8 Å². The van der Waals surface area contributed by atoms with E-state index in [2.05, 4.69) is 78.2 Å². The second-order valence-electron chi connectivity index (χ2n) is 6.83. The van der Waals surface area contributed by atoms with E-state index in [4.69, 9.17) is 0 Å². The molecule has 1 aromatic heterocycles. The summed E-state index contributed by atoms with van der Waals surface area (Å²) in [5.41, 5.74) is 7.10. The van der Waals surface area contributed by atoms with E-state index in [0.29, 0.717) is 0 Å². The molecule has 2 aromatic carbocycles. The number of hydrogen-bond donors (Lipinski definition) is 1. The zero-order valence-electron chi connectivity index (χ0n) is 21.5. The minimum absolute atomic E-state index is 0.0457. The lowest BCUT2D eigenvalue weighted by molar-refractivity contribution is 0.316. The van der Waals surface area contributed by atoms with Crippen LogP contribution in [0.5, 0.6) is 0 Å². The molecule has 176 valence electrons. The summed E-state index contributed by atoms with van der Waals surface area (Å²) in [6.07, 6.45) is 6.79. The highest BCUT2D eigenvalue weighted by Gasteiger charge is 2.32. The van der Waals surface area contributed by atoms with Crippen LogP contribution in [-0.4, -0.2) is 16.4 Å². The summed E-state index contributed by atoms with van der Waals surface area (Å²) in [6, 6.07) is 19.0. The number of allylic oxidation sites excluding steroid dienone is 2. The Morgan fingerprint density at radius 1 is 0.909 bits per heavy atom. The third-order valence-corrected chi connectivity index (χ3v) is 5.35. The van der Waals surface area contributed by atoms with Gasteiger partial charge in [-0.3, -0.25) is 0 Å². The normalized spacial score (nSPS) is 14.3. The van der Waals surface area contributed by atoms with Crippen molar-refractivity contribution in [1.82, 2.24) is 9.88 Å². The lowest BCUT2D eigenvalue weighted by atomic mass is 9.90. The van der Waals surface area contributed by atoms with Gasteiger partial charge >= 0.3 is 0 Å². The number of para-hydroxylation sites is 1. The molecule has 0 aliphatic carbocycles. The van der Waals surface area contributed by atoms with Crippen LogP contribution in [0.1, 0.15) is 64.4 Å². The Morgan fingerprint density at radius 3 is 2.12 bits per heavy atom. The monoisotopic (exact) mass is 442 g/mol. The highest BCUT2D eigenvalue weighted by atomic mass is 15.2. The van der Waals surface area contributed by atoms with E-state index < -0.39 is 0 Å². The van der Waals surface area contributed by atoms with Crippen LogP contribution in [0, 0.1) is 0 Å². The number of hydrogen-bond acceptors (Lipinski definition) is 1. The highest BCUT2D eigenvalue weighted by Crippen LogP contribution is 2.42. The van der Waals surface area contributed by atoms with Crippen LogP contribution in [0.3, 0.4) is 0 Å². The fraction of sp³-hybridized carbons (Fsp3) is 0.290. The molecule has 1 unspecified atom stereocenters. The number of H-pyrrole nitrogens is 1. The van der Waals surface area contributed by atoms with Crippen LogP contribution >= 0.6 is 0 Å². The van der Waals surface area contributed by atoms with Crippen LogP contribution in [0.25, 0.3) is 16.6 Å². The van der Waals surface area contributed by atoms with E-state index in [9.17, 15) is 0 Å². The van der Waals surface area contributed by atoms with Crippen molar-refractivity contribution in [1.29, 1.82) is 0 Å². The molecule has 0 bridgehead atoms. The third kappa shape index (κ3) is 6.16. The van der Waals surface area contributed by atoms with Crippen molar-refractivity contribution in [2.24, 2.45) is 0 Å². The summed E-state index contributed by atoms with van der Waals surface area (Å²) in [5, 5.41) is 1.31. The standard InChI is InChI=1S/C25H24N2.3C2H6/c1-4-11-19(5-2)25-24-22(21-14-9-10-15-23(21)26-24)16-17-27(25)18(3)20-12-7-6-8-13-20;3*1-2/h4-15,25-26H,1-3,16-17H2;3*1-2H3/b19-11+;;;. The topological polar surface area (TPSA) is 19.0 Å². The summed E-state index contributed by atoms with van der Waals surface area (Å²) < 4.78 is 0. The minimum atomic E-state index is 0.0457. The van der Waals surface area contributed by atoms with Gasteiger partial charge in [0, 0.05) is 28.8 Å². The fourth-order valence-corrected chi connectivity index (χ4v) is 4.08. The van der Waals surface area contributed by atoms with E-state index >= 15 is 0 Å². The molecular formula is C31H42N2. The molecular weight excluding hydrogens is 400 g/mol. The van der Waals surface area contributed by atoms with Crippen molar-refractivity contribution in [3.63, 3.8) is 0 Å². The molecule has 0 spiro atoms. The molecule has 0 amide bonds. The van der Waals surface area contributed by atoms with Gasteiger partial charge in [0.25, 0.3) is 0 Å². The Balaban J connectivity index is 0.000000841. The first kappa shape index (κ1) is 27.8. The number of benzene rings is 2. The van der Waals surface area contributed by atoms with Gasteiger partial charge in [0.2, 0.25) is 0 Å². The minimum Gasteiger partial charge on any atom is -0.359 e. The van der Waals surface area contributed by atoms with Crippen LogP contribution in [0.2, 0.25) is 0 Å². The predicted octanol–water partition coefficient (Wildman–Crippen LogP) is 9.12. The van der Waals surface area contributed by atoms with Crippen molar-refractivity contribution in [2.45, 2.75) is 54.0 Å². The molecule has 2 nitrogen and oxygen atoms in total. The van der Waals surface area contributed by atoms with Gasteiger partial charge in [0.05, 0.1) is 6.04 Å². The predicted molar refractivity (Wildman–Crippen MR) is 149 cm³/mol. The summed E-state index contributed by atoms with van der Waals surface area (Å²) in [7, 11) is 0. The molecule has 2 heterocycles. The number of nitrogens with zero attached hydrogens (tertiary/aromatic N) is 1. The SMILES string of the molecule is C=C/C=C(\C=C)C1c2[nH]c3ccccc3c2CCN1C(=C)c1ccccc1.CC.CC.CC. The molecule has 2 heteroatoms. The van der Waals surface area contributed by atoms with E-state index in [1.54, 1.807) is 0 Å². The Labute approximate surface area is 202 Å². The molecule has 33 heavy (non-hydrogen) atoms. The molecule has 0 saturated heterocycles. The number of rotatable bonds is 5. The van der Waals surface area contributed by atoms with E-state index in [0.717, 1.165) is 29.8 Å². The first-order valence-electron chi connectivity index (χ1n) is 12.3. The smallest absolute Gasteiger partial charge is 0.0947 e. The average Bonchev–Trinajstić information content (AvgIpc) is 3.29. The van der Waals surface area contributed by atoms with Crippen molar-refractivity contribution < 1.29 is 0 Å². The van der Waals surface area contributed by atoms with Crippen molar-refractivity contribution in [3.05, 3.63) is 115 Å². The number of aromatic nitrogens is 1. The molecule has 0 radical (unpaired) electrons. The maximum Gasteiger partial charge on any atom is 0.0947 e. The first-order chi connectivity index (χ1) is 16.2. The molecule has 0 saturated carbocycles. The highest BCUT2D eigenvalue weighted by molar-refractivity contribution is 5.85. The first-order valence-corrected chi connectivity index (χ1v) is 12.3. The zero-order valence-corrected chi connectivity index (χ0v) is 21.5. The molecule has 0 fully saturated rings. The maximum atomic E-state index is 4.43. The van der Waals surface area contributed by atoms with Crippen molar-refractivity contribution in [2.75, 3.05) is 6.54 Å². The van der Waals surface area contributed by atoms with Gasteiger partial charge in [0.15, 0.2) is 0 Å². The van der Waals surface area contributed by atoms with Crippen molar-refractivity contribution in [3.8, 4) is 0 Å². The van der Waals surface area contributed by atoms with Gasteiger partial charge in [-0.2, -0.15) is 0 Å². The average molecular weight is 443 g/mol.